The molecule has 0 bridgehead atoms. The van der Waals surface area contributed by atoms with Crippen molar-refractivity contribution in [2.24, 2.45) is 5.73 Å². The van der Waals surface area contributed by atoms with Gasteiger partial charge in [-0.3, -0.25) is 10.1 Å². The normalized spacial score (nSPS) is 9.67. The summed E-state index contributed by atoms with van der Waals surface area (Å²) >= 11 is 1.11. The molecule has 7 nitrogen and oxygen atoms in total. The molecule has 1 aromatic rings. The number of carboxylic acids is 1. The summed E-state index contributed by atoms with van der Waals surface area (Å²) in [4.78, 5) is 25.8. The molecule has 82 valence electrons. The van der Waals surface area contributed by atoms with E-state index in [9.17, 15) is 9.59 Å². The van der Waals surface area contributed by atoms with E-state index in [1.807, 2.05) is 0 Å². The Balaban J connectivity index is 2.52. The molecule has 0 saturated heterocycles. The average molecular weight is 230 g/mol. The van der Waals surface area contributed by atoms with Gasteiger partial charge in [-0.25, -0.2) is 9.78 Å². The molecule has 0 atom stereocenters. The van der Waals surface area contributed by atoms with Gasteiger partial charge in [0.1, 0.15) is 0 Å². The van der Waals surface area contributed by atoms with Crippen molar-refractivity contribution in [1.82, 2.24) is 10.3 Å². The summed E-state index contributed by atoms with van der Waals surface area (Å²) in [7, 11) is 0. The smallest absolute Gasteiger partial charge is 0.322 e. The zero-order valence-electron chi connectivity index (χ0n) is 7.69. The number of aromatic nitrogens is 1. The van der Waals surface area contributed by atoms with Crippen molar-refractivity contribution in [2.75, 3.05) is 12.0 Å². The van der Waals surface area contributed by atoms with Gasteiger partial charge < -0.3 is 16.2 Å². The van der Waals surface area contributed by atoms with Gasteiger partial charge in [0.25, 0.3) is 0 Å². The summed E-state index contributed by atoms with van der Waals surface area (Å²) in [5.74, 6) is -0.934. The summed E-state index contributed by atoms with van der Waals surface area (Å²) in [5, 5.41) is 13.6. The van der Waals surface area contributed by atoms with Crippen LogP contribution in [-0.4, -0.2) is 28.8 Å². The second-order valence-corrected chi connectivity index (χ2v) is 3.65. The molecule has 1 rings (SSSR count). The SMILES string of the molecule is NCNC(=O)Nc1ncc(CC(=O)O)s1. The third kappa shape index (κ3) is 3.92. The Kier molecular flexibility index (Phi) is 4.01. The van der Waals surface area contributed by atoms with Crippen LogP contribution in [0, 0.1) is 0 Å². The van der Waals surface area contributed by atoms with Crippen molar-refractivity contribution in [3.05, 3.63) is 11.1 Å². The first-order valence-corrected chi connectivity index (χ1v) is 4.85. The quantitative estimate of drug-likeness (QED) is 0.535. The van der Waals surface area contributed by atoms with Crippen LogP contribution in [0.2, 0.25) is 0 Å². The number of hydrogen-bond donors (Lipinski definition) is 4. The molecule has 8 heteroatoms. The number of amides is 2. The molecule has 0 aliphatic rings. The van der Waals surface area contributed by atoms with Crippen LogP contribution >= 0.6 is 11.3 Å². The minimum absolute atomic E-state index is 0.0270. The number of nitrogens with two attached hydrogens (primary N) is 1. The van der Waals surface area contributed by atoms with E-state index in [0.29, 0.717) is 10.0 Å². The van der Waals surface area contributed by atoms with Gasteiger partial charge in [-0.15, -0.1) is 11.3 Å². The minimum Gasteiger partial charge on any atom is -0.481 e. The molecule has 0 radical (unpaired) electrons. The topological polar surface area (TPSA) is 117 Å². The Morgan fingerprint density at radius 1 is 1.60 bits per heavy atom. The highest BCUT2D eigenvalue weighted by molar-refractivity contribution is 7.15. The van der Waals surface area contributed by atoms with Crippen molar-refractivity contribution < 1.29 is 14.7 Å². The lowest BCUT2D eigenvalue weighted by molar-refractivity contribution is -0.136. The number of urea groups is 1. The number of hydrogen-bond acceptors (Lipinski definition) is 5. The maximum absolute atomic E-state index is 11.0. The average Bonchev–Trinajstić information content (AvgIpc) is 2.51. The molecule has 2 amide bonds. The van der Waals surface area contributed by atoms with E-state index in [0.717, 1.165) is 11.3 Å². The van der Waals surface area contributed by atoms with Crippen LogP contribution in [-0.2, 0) is 11.2 Å². The van der Waals surface area contributed by atoms with Crippen LogP contribution in [0.3, 0.4) is 0 Å². The molecule has 0 aromatic carbocycles. The third-order valence-corrected chi connectivity index (χ3v) is 2.27. The molecular weight excluding hydrogens is 220 g/mol. The van der Waals surface area contributed by atoms with E-state index < -0.39 is 12.0 Å². The molecule has 5 N–H and O–H groups in total. The summed E-state index contributed by atoms with van der Waals surface area (Å²) in [6.07, 6.45) is 1.31. The monoisotopic (exact) mass is 230 g/mol. The van der Waals surface area contributed by atoms with E-state index in [4.69, 9.17) is 10.8 Å². The number of carboxylic acid groups (broad SMARTS) is 1. The van der Waals surface area contributed by atoms with E-state index in [-0.39, 0.29) is 13.1 Å². The first-order valence-electron chi connectivity index (χ1n) is 4.03. The molecule has 15 heavy (non-hydrogen) atoms. The van der Waals surface area contributed by atoms with Crippen molar-refractivity contribution in [2.45, 2.75) is 6.42 Å². The largest absolute Gasteiger partial charge is 0.481 e. The predicted molar refractivity (Wildman–Crippen MR) is 54.7 cm³/mol. The zero-order chi connectivity index (χ0) is 11.3. The fourth-order valence-corrected chi connectivity index (χ4v) is 1.63. The number of nitrogens with one attached hydrogen (secondary N) is 2. The van der Waals surface area contributed by atoms with Crippen molar-refractivity contribution in [3.8, 4) is 0 Å². The first-order chi connectivity index (χ1) is 7.11. The van der Waals surface area contributed by atoms with Crippen molar-refractivity contribution in [1.29, 1.82) is 0 Å². The van der Waals surface area contributed by atoms with Crippen LogP contribution in [0.1, 0.15) is 4.88 Å². The molecule has 0 saturated carbocycles. The lowest BCUT2D eigenvalue weighted by Gasteiger charge is -2.00. The van der Waals surface area contributed by atoms with E-state index in [1.54, 1.807) is 0 Å². The fourth-order valence-electron chi connectivity index (χ4n) is 0.830. The van der Waals surface area contributed by atoms with Crippen LogP contribution in [0.5, 0.6) is 0 Å². The highest BCUT2D eigenvalue weighted by atomic mass is 32.1. The molecular formula is C7H10N4O3S. The number of thiazole rings is 1. The van der Waals surface area contributed by atoms with Gasteiger partial charge in [0.15, 0.2) is 5.13 Å². The van der Waals surface area contributed by atoms with E-state index in [2.05, 4.69) is 15.6 Å². The second kappa shape index (κ2) is 5.27. The summed E-state index contributed by atoms with van der Waals surface area (Å²) in [6, 6.07) is -0.464. The highest BCUT2D eigenvalue weighted by Crippen LogP contribution is 2.18. The zero-order valence-corrected chi connectivity index (χ0v) is 8.50. The number of anilines is 1. The van der Waals surface area contributed by atoms with Gasteiger partial charge in [0.2, 0.25) is 0 Å². The molecule has 1 heterocycles. The first kappa shape index (κ1) is 11.4. The standard InChI is InChI=1S/C7H10N4O3S/c8-3-10-6(14)11-7-9-2-4(15-7)1-5(12)13/h2H,1,3,8H2,(H,12,13)(H2,9,10,11,14). The minimum atomic E-state index is -0.934. The third-order valence-electron chi connectivity index (χ3n) is 1.36. The Bertz CT molecular complexity index is 365. The van der Waals surface area contributed by atoms with Crippen molar-refractivity contribution >= 4 is 28.5 Å². The molecule has 0 aliphatic carbocycles. The van der Waals surface area contributed by atoms with Crippen LogP contribution in [0.15, 0.2) is 6.20 Å². The number of aliphatic carboxylic acids is 1. The van der Waals surface area contributed by atoms with Gasteiger partial charge in [-0.1, -0.05) is 0 Å². The Labute approximate surface area is 89.3 Å². The summed E-state index contributed by atoms with van der Waals surface area (Å²) < 4.78 is 0. The summed E-state index contributed by atoms with van der Waals surface area (Å²) in [5.41, 5.74) is 5.09. The number of carbonyl (C=O) groups is 2. The van der Waals surface area contributed by atoms with Crippen LogP contribution in [0.4, 0.5) is 9.93 Å². The number of rotatable bonds is 4. The lowest BCUT2D eigenvalue weighted by atomic mass is 10.4. The van der Waals surface area contributed by atoms with Crippen molar-refractivity contribution in [3.63, 3.8) is 0 Å². The molecule has 0 unspecified atom stereocenters. The molecule has 0 spiro atoms. The number of nitrogens with zero attached hydrogens (tertiary/aromatic N) is 1. The maximum atomic E-state index is 11.0. The fraction of sp³-hybridized carbons (Fsp3) is 0.286. The van der Waals surface area contributed by atoms with Gasteiger partial charge >= 0.3 is 12.0 Å². The molecule has 0 aliphatic heterocycles. The Morgan fingerprint density at radius 3 is 2.93 bits per heavy atom. The van der Waals surface area contributed by atoms with Gasteiger partial charge in [-0.05, 0) is 0 Å². The molecule has 1 aromatic heterocycles. The van der Waals surface area contributed by atoms with Gasteiger partial charge in [-0.2, -0.15) is 0 Å². The highest BCUT2D eigenvalue weighted by Gasteiger charge is 2.07. The maximum Gasteiger partial charge on any atom is 0.322 e. The summed E-state index contributed by atoms with van der Waals surface area (Å²) in [6.45, 7) is 0.0270. The predicted octanol–water partition coefficient (Wildman–Crippen LogP) is -0.192. The van der Waals surface area contributed by atoms with E-state index in [1.165, 1.54) is 6.20 Å². The Morgan fingerprint density at radius 2 is 2.33 bits per heavy atom. The Hall–Kier alpha value is -1.67. The second-order valence-electron chi connectivity index (χ2n) is 2.54. The van der Waals surface area contributed by atoms with Crippen LogP contribution < -0.4 is 16.4 Å². The van der Waals surface area contributed by atoms with Gasteiger partial charge in [0.05, 0.1) is 13.1 Å². The number of carbonyl (C=O) groups excluding carboxylic acids is 1. The lowest BCUT2D eigenvalue weighted by Crippen LogP contribution is -2.33. The van der Waals surface area contributed by atoms with E-state index >= 15 is 0 Å². The van der Waals surface area contributed by atoms with Crippen LogP contribution in [0.25, 0.3) is 0 Å². The molecule has 0 fully saturated rings. The van der Waals surface area contributed by atoms with Gasteiger partial charge in [0, 0.05) is 11.1 Å².